The Morgan fingerprint density at radius 2 is 1.12 bits per heavy atom. The molecule has 0 heterocycles. The Labute approximate surface area is 143 Å². The van der Waals surface area contributed by atoms with E-state index in [0.717, 1.165) is 16.9 Å². The largest absolute Gasteiger partial charge is 0.345 e. The van der Waals surface area contributed by atoms with Gasteiger partial charge in [0.25, 0.3) is 0 Å². The van der Waals surface area contributed by atoms with Gasteiger partial charge >= 0.3 is 0 Å². The van der Waals surface area contributed by atoms with Gasteiger partial charge in [-0.2, -0.15) is 5.10 Å². The summed E-state index contributed by atoms with van der Waals surface area (Å²) in [5.74, 6) is 0. The van der Waals surface area contributed by atoms with Crippen LogP contribution in [-0.4, -0.2) is 20.3 Å². The summed E-state index contributed by atoms with van der Waals surface area (Å²) >= 11 is 0. The van der Waals surface area contributed by atoms with Gasteiger partial charge in [0.1, 0.15) is 0 Å². The molecular weight excluding hydrogens is 294 g/mol. The highest BCUT2D eigenvalue weighted by Gasteiger charge is 2.02. The predicted octanol–water partition coefficient (Wildman–Crippen LogP) is 4.92. The lowest BCUT2D eigenvalue weighted by molar-refractivity contribution is 1.02. The molecule has 0 aliphatic carbocycles. The van der Waals surface area contributed by atoms with Gasteiger partial charge in [-0.25, -0.2) is 0 Å². The molecule has 24 heavy (non-hydrogen) atoms. The number of hydrogen-bond acceptors (Lipinski definition) is 3. The summed E-state index contributed by atoms with van der Waals surface area (Å²) in [5, 5.41) is 6.36. The molecule has 0 saturated carbocycles. The molecule has 0 fully saturated rings. The highest BCUT2D eigenvalue weighted by Crippen LogP contribution is 2.23. The molecule has 0 bridgehead atoms. The molecule has 0 aromatic heterocycles. The summed E-state index contributed by atoms with van der Waals surface area (Å²) in [6.07, 6.45) is 1.87. The van der Waals surface area contributed by atoms with Gasteiger partial charge in [-0.3, -0.25) is 5.01 Å². The molecule has 0 saturated heterocycles. The second kappa shape index (κ2) is 7.47. The van der Waals surface area contributed by atoms with Crippen molar-refractivity contribution in [1.82, 2.24) is 0 Å². The van der Waals surface area contributed by atoms with E-state index in [1.807, 2.05) is 66.8 Å². The van der Waals surface area contributed by atoms with E-state index in [4.69, 9.17) is 0 Å². The second-order valence-electron chi connectivity index (χ2n) is 5.59. The van der Waals surface area contributed by atoms with Gasteiger partial charge in [0.2, 0.25) is 0 Å². The highest BCUT2D eigenvalue weighted by molar-refractivity contribution is 5.81. The topological polar surface area (TPSA) is 18.8 Å². The lowest BCUT2D eigenvalue weighted by Crippen LogP contribution is -2.09. The van der Waals surface area contributed by atoms with Gasteiger partial charge in [-0.05, 0) is 42.0 Å². The minimum atomic E-state index is 1.06. The Morgan fingerprint density at radius 3 is 1.71 bits per heavy atom. The van der Waals surface area contributed by atoms with E-state index in [0.29, 0.717) is 0 Å². The van der Waals surface area contributed by atoms with E-state index in [9.17, 15) is 0 Å². The number of nitrogens with zero attached hydrogens (tertiary/aromatic N) is 3. The monoisotopic (exact) mass is 315 g/mol. The minimum Gasteiger partial charge on any atom is -0.345 e. The molecule has 3 nitrogen and oxygen atoms in total. The third kappa shape index (κ3) is 3.82. The van der Waals surface area contributed by atoms with Crippen molar-refractivity contribution in [3.63, 3.8) is 0 Å². The van der Waals surface area contributed by atoms with E-state index < -0.39 is 0 Å². The van der Waals surface area contributed by atoms with Crippen LogP contribution in [-0.2, 0) is 0 Å². The predicted molar refractivity (Wildman–Crippen MR) is 103 cm³/mol. The first-order valence-corrected chi connectivity index (χ1v) is 7.95. The molecule has 0 spiro atoms. The number of hydrogen-bond donors (Lipinski definition) is 0. The van der Waals surface area contributed by atoms with E-state index in [1.165, 1.54) is 5.69 Å². The Balaban J connectivity index is 1.69. The number of benzene rings is 3. The van der Waals surface area contributed by atoms with E-state index in [1.54, 1.807) is 0 Å². The lowest BCUT2D eigenvalue weighted by Gasteiger charge is -2.19. The molecule has 0 aliphatic rings. The van der Waals surface area contributed by atoms with Gasteiger partial charge in [-0.1, -0.05) is 48.5 Å². The first-order valence-electron chi connectivity index (χ1n) is 7.95. The molecule has 3 aromatic rings. The Bertz CT molecular complexity index is 780. The SMILES string of the molecule is CN(N=Cc1ccc(N(C)c2ccccc2)cc1)c1ccccc1. The maximum atomic E-state index is 4.49. The van der Waals surface area contributed by atoms with Crippen molar-refractivity contribution >= 4 is 23.3 Å². The Hall–Kier alpha value is -3.07. The first-order chi connectivity index (χ1) is 11.7. The van der Waals surface area contributed by atoms with E-state index in [2.05, 4.69) is 53.4 Å². The van der Waals surface area contributed by atoms with Crippen LogP contribution in [0.1, 0.15) is 5.56 Å². The molecule has 3 rings (SSSR count). The second-order valence-corrected chi connectivity index (χ2v) is 5.59. The molecular formula is C21H21N3. The fourth-order valence-corrected chi connectivity index (χ4v) is 2.45. The maximum absolute atomic E-state index is 4.49. The standard InChI is InChI=1S/C21H21N3/c1-23(19-9-5-3-6-10-19)20-15-13-18(14-16-20)17-22-24(2)21-11-7-4-8-12-21/h3-17H,1-2H3. The fourth-order valence-electron chi connectivity index (χ4n) is 2.45. The van der Waals surface area contributed by atoms with Crippen LogP contribution in [0, 0.1) is 0 Å². The molecule has 0 aliphatic heterocycles. The summed E-state index contributed by atoms with van der Waals surface area (Å²) in [6.45, 7) is 0. The van der Waals surface area contributed by atoms with Gasteiger partial charge in [-0.15, -0.1) is 0 Å². The van der Waals surface area contributed by atoms with Crippen LogP contribution in [0.5, 0.6) is 0 Å². The van der Waals surface area contributed by atoms with Crippen LogP contribution in [0.2, 0.25) is 0 Å². The third-order valence-electron chi connectivity index (χ3n) is 3.93. The van der Waals surface area contributed by atoms with Gasteiger partial charge in [0.15, 0.2) is 0 Å². The summed E-state index contributed by atoms with van der Waals surface area (Å²) in [6, 6.07) is 28.8. The summed E-state index contributed by atoms with van der Waals surface area (Å²) in [7, 11) is 4.02. The van der Waals surface area contributed by atoms with E-state index >= 15 is 0 Å². The normalized spacial score (nSPS) is 10.8. The van der Waals surface area contributed by atoms with Crippen LogP contribution >= 0.6 is 0 Å². The lowest BCUT2D eigenvalue weighted by atomic mass is 10.2. The first kappa shape index (κ1) is 15.8. The Kier molecular flexibility index (Phi) is 4.92. The molecule has 0 unspecified atom stereocenters. The quantitative estimate of drug-likeness (QED) is 0.491. The highest BCUT2D eigenvalue weighted by atomic mass is 15.4. The van der Waals surface area contributed by atoms with E-state index in [-0.39, 0.29) is 0 Å². The van der Waals surface area contributed by atoms with Gasteiger partial charge < -0.3 is 4.90 Å². The average Bonchev–Trinajstić information content (AvgIpc) is 2.67. The number of hydrazone groups is 1. The van der Waals surface area contributed by atoms with Crippen LogP contribution in [0.25, 0.3) is 0 Å². The van der Waals surface area contributed by atoms with Crippen LogP contribution < -0.4 is 9.91 Å². The summed E-state index contributed by atoms with van der Waals surface area (Å²) < 4.78 is 0. The molecule has 0 radical (unpaired) electrons. The maximum Gasteiger partial charge on any atom is 0.0590 e. The van der Waals surface area contributed by atoms with Crippen molar-refractivity contribution in [2.24, 2.45) is 5.10 Å². The summed E-state index contributed by atoms with van der Waals surface area (Å²) in [4.78, 5) is 2.16. The zero-order valence-corrected chi connectivity index (χ0v) is 14.0. The van der Waals surface area contributed by atoms with Crippen molar-refractivity contribution in [1.29, 1.82) is 0 Å². The smallest absolute Gasteiger partial charge is 0.0590 e. The number of rotatable bonds is 5. The zero-order valence-electron chi connectivity index (χ0n) is 14.0. The van der Waals surface area contributed by atoms with Crippen molar-refractivity contribution < 1.29 is 0 Å². The molecule has 3 heteroatoms. The molecule has 0 N–H and O–H groups in total. The summed E-state index contributed by atoms with van der Waals surface area (Å²) in [5.41, 5.74) is 4.45. The van der Waals surface area contributed by atoms with Crippen LogP contribution in [0.15, 0.2) is 90.0 Å². The molecule has 3 aromatic carbocycles. The molecule has 120 valence electrons. The zero-order chi connectivity index (χ0) is 16.8. The third-order valence-corrected chi connectivity index (χ3v) is 3.93. The minimum absolute atomic E-state index is 1.06. The molecule has 0 amide bonds. The van der Waals surface area contributed by atoms with Crippen molar-refractivity contribution in [2.75, 3.05) is 24.0 Å². The van der Waals surface area contributed by atoms with Crippen LogP contribution in [0.4, 0.5) is 17.1 Å². The van der Waals surface area contributed by atoms with Crippen molar-refractivity contribution in [3.05, 3.63) is 90.5 Å². The Morgan fingerprint density at radius 1 is 0.625 bits per heavy atom. The molecule has 0 atom stereocenters. The van der Waals surface area contributed by atoms with Crippen molar-refractivity contribution in [3.8, 4) is 0 Å². The van der Waals surface area contributed by atoms with Crippen LogP contribution in [0.3, 0.4) is 0 Å². The number of para-hydroxylation sites is 2. The number of anilines is 3. The van der Waals surface area contributed by atoms with Gasteiger partial charge in [0.05, 0.1) is 11.9 Å². The van der Waals surface area contributed by atoms with Crippen molar-refractivity contribution in [2.45, 2.75) is 0 Å². The van der Waals surface area contributed by atoms with Gasteiger partial charge in [0, 0.05) is 25.5 Å². The fraction of sp³-hybridized carbons (Fsp3) is 0.0952. The average molecular weight is 315 g/mol.